The maximum atomic E-state index is 11.8. The molecule has 208 valence electrons. The van der Waals surface area contributed by atoms with Gasteiger partial charge in [-0.1, -0.05) is 12.1 Å². The van der Waals surface area contributed by atoms with Crippen molar-refractivity contribution < 1.29 is 14.3 Å². The number of aromatic nitrogens is 3. The van der Waals surface area contributed by atoms with E-state index < -0.39 is 0 Å². The highest BCUT2D eigenvalue weighted by atomic mass is 32.2. The van der Waals surface area contributed by atoms with Gasteiger partial charge in [0.1, 0.15) is 5.75 Å². The molecule has 10 nitrogen and oxygen atoms in total. The molecule has 2 aliphatic heterocycles. The Kier molecular flexibility index (Phi) is 8.61. The number of amides is 2. The summed E-state index contributed by atoms with van der Waals surface area (Å²) in [6.07, 6.45) is 5.34. The molecule has 0 radical (unpaired) electrons. The van der Waals surface area contributed by atoms with Gasteiger partial charge in [0.25, 0.3) is 11.1 Å². The summed E-state index contributed by atoms with van der Waals surface area (Å²) in [5.74, 6) is 1.55. The Labute approximate surface area is 238 Å². The molecule has 0 bridgehead atoms. The fourth-order valence-electron chi connectivity index (χ4n) is 4.79. The van der Waals surface area contributed by atoms with E-state index >= 15 is 0 Å². The number of carbonyl (C=O) groups excluding carboxylic acids is 2. The molecule has 0 atom stereocenters. The van der Waals surface area contributed by atoms with Crippen LogP contribution >= 0.6 is 11.8 Å². The third-order valence-electron chi connectivity index (χ3n) is 7.02. The average Bonchev–Trinajstić information content (AvgIpc) is 3.29. The summed E-state index contributed by atoms with van der Waals surface area (Å²) in [6.45, 7) is 3.20. The van der Waals surface area contributed by atoms with Gasteiger partial charge < -0.3 is 19.9 Å². The average molecular weight is 560 g/mol. The van der Waals surface area contributed by atoms with E-state index in [2.05, 4.69) is 54.7 Å². The lowest BCUT2D eigenvalue weighted by atomic mass is 9.97. The molecule has 2 N–H and O–H groups in total. The molecule has 2 aromatic heterocycles. The van der Waals surface area contributed by atoms with Crippen LogP contribution in [-0.2, 0) is 11.3 Å². The van der Waals surface area contributed by atoms with Crippen molar-refractivity contribution in [1.29, 1.82) is 0 Å². The quantitative estimate of drug-likeness (QED) is 0.374. The Morgan fingerprint density at radius 3 is 2.70 bits per heavy atom. The van der Waals surface area contributed by atoms with E-state index in [0.717, 1.165) is 72.6 Å². The van der Waals surface area contributed by atoms with Crippen molar-refractivity contribution in [3.05, 3.63) is 65.0 Å². The van der Waals surface area contributed by atoms with Gasteiger partial charge in [-0.05, 0) is 73.5 Å². The fourth-order valence-corrected chi connectivity index (χ4v) is 5.45. The van der Waals surface area contributed by atoms with E-state index in [9.17, 15) is 9.59 Å². The molecule has 0 unspecified atom stereocenters. The van der Waals surface area contributed by atoms with Gasteiger partial charge >= 0.3 is 0 Å². The predicted molar refractivity (Wildman–Crippen MR) is 158 cm³/mol. The SMILES string of the molecule is COc1ccc(-c2cccc(N(C)C)c2)nc1CNCC1CCN(c2nccc(/C=C3\SC(=O)NC3=O)n2)CC1. The van der Waals surface area contributed by atoms with E-state index in [0.29, 0.717) is 29.0 Å². The lowest BCUT2D eigenvalue weighted by molar-refractivity contribution is -0.115. The highest BCUT2D eigenvalue weighted by Crippen LogP contribution is 2.28. The molecule has 2 saturated heterocycles. The molecule has 0 spiro atoms. The summed E-state index contributed by atoms with van der Waals surface area (Å²) in [5.41, 5.74) is 4.63. The zero-order valence-electron chi connectivity index (χ0n) is 22.9. The number of ether oxygens (including phenoxy) is 1. The van der Waals surface area contributed by atoms with Crippen LogP contribution in [-0.4, -0.2) is 66.9 Å². The Balaban J connectivity index is 1.16. The van der Waals surface area contributed by atoms with E-state index in [4.69, 9.17) is 9.72 Å². The molecule has 5 rings (SSSR count). The molecular formula is C29H33N7O3S. The highest BCUT2D eigenvalue weighted by molar-refractivity contribution is 8.18. The van der Waals surface area contributed by atoms with Gasteiger partial charge in [-0.25, -0.2) is 15.0 Å². The number of piperidine rings is 1. The maximum Gasteiger partial charge on any atom is 0.290 e. The second-order valence-corrected chi connectivity index (χ2v) is 11.0. The van der Waals surface area contributed by atoms with Crippen molar-refractivity contribution in [3.8, 4) is 17.0 Å². The number of imide groups is 1. The molecule has 1 aromatic carbocycles. The van der Waals surface area contributed by atoms with Gasteiger partial charge in [-0.2, -0.15) is 0 Å². The van der Waals surface area contributed by atoms with Crippen LogP contribution in [0.15, 0.2) is 53.6 Å². The number of methoxy groups -OCH3 is 1. The molecule has 0 saturated carbocycles. The van der Waals surface area contributed by atoms with Crippen LogP contribution in [0, 0.1) is 5.92 Å². The minimum atomic E-state index is -0.387. The molecule has 11 heteroatoms. The van der Waals surface area contributed by atoms with Crippen LogP contribution in [0.4, 0.5) is 16.4 Å². The number of pyridine rings is 1. The summed E-state index contributed by atoms with van der Waals surface area (Å²) in [6, 6.07) is 14.1. The van der Waals surface area contributed by atoms with Crippen molar-refractivity contribution in [2.24, 2.45) is 5.92 Å². The summed E-state index contributed by atoms with van der Waals surface area (Å²) < 4.78 is 5.59. The first-order valence-corrected chi connectivity index (χ1v) is 14.1. The minimum Gasteiger partial charge on any atom is -0.495 e. The second-order valence-electron chi connectivity index (χ2n) is 9.99. The Morgan fingerprint density at radius 1 is 1.15 bits per heavy atom. The zero-order chi connectivity index (χ0) is 28.1. The number of thioether (sulfide) groups is 1. The third-order valence-corrected chi connectivity index (χ3v) is 7.83. The summed E-state index contributed by atoms with van der Waals surface area (Å²) >= 11 is 0.886. The van der Waals surface area contributed by atoms with Crippen LogP contribution in [0.3, 0.4) is 0 Å². The molecule has 2 fully saturated rings. The number of anilines is 2. The Hall–Kier alpha value is -3.96. The third kappa shape index (κ3) is 6.60. The summed E-state index contributed by atoms with van der Waals surface area (Å²) in [5, 5.41) is 5.49. The largest absolute Gasteiger partial charge is 0.495 e. The van der Waals surface area contributed by atoms with E-state index in [1.807, 2.05) is 26.2 Å². The lowest BCUT2D eigenvalue weighted by Gasteiger charge is -2.32. The smallest absolute Gasteiger partial charge is 0.290 e. The summed E-state index contributed by atoms with van der Waals surface area (Å²) in [4.78, 5) is 41.8. The molecule has 3 aromatic rings. The number of rotatable bonds is 9. The fraction of sp³-hybridized carbons (Fsp3) is 0.345. The minimum absolute atomic E-state index is 0.346. The molecule has 0 aliphatic carbocycles. The van der Waals surface area contributed by atoms with Gasteiger partial charge in [0, 0.05) is 51.2 Å². The van der Waals surface area contributed by atoms with Crippen molar-refractivity contribution in [2.75, 3.05) is 50.6 Å². The molecule has 40 heavy (non-hydrogen) atoms. The van der Waals surface area contributed by atoms with E-state index in [-0.39, 0.29) is 11.1 Å². The van der Waals surface area contributed by atoms with Crippen molar-refractivity contribution in [3.63, 3.8) is 0 Å². The number of nitrogens with zero attached hydrogens (tertiary/aromatic N) is 5. The van der Waals surface area contributed by atoms with E-state index in [1.54, 1.807) is 25.4 Å². The number of carbonyl (C=O) groups is 2. The standard InChI is InChI=1S/C29H33N7O3S/c1-35(2)22-6-4-5-20(15-22)23-7-8-25(39-3)24(33-23)18-30-17-19-10-13-36(14-11-19)28-31-12-9-21(32-28)16-26-27(37)34-29(38)40-26/h4-9,12,15-16,19,30H,10-11,13-14,17-18H2,1-3H3,(H,34,37,38)/b26-16-. The van der Waals surface area contributed by atoms with Crippen LogP contribution in [0.5, 0.6) is 5.75 Å². The van der Waals surface area contributed by atoms with Gasteiger partial charge in [0.15, 0.2) is 0 Å². The number of hydrogen-bond acceptors (Lipinski definition) is 10. The van der Waals surface area contributed by atoms with Crippen LogP contribution in [0.25, 0.3) is 17.3 Å². The molecule has 2 amide bonds. The zero-order valence-corrected chi connectivity index (χ0v) is 23.7. The van der Waals surface area contributed by atoms with Gasteiger partial charge in [-0.3, -0.25) is 14.9 Å². The van der Waals surface area contributed by atoms with Crippen molar-refractivity contribution in [1.82, 2.24) is 25.6 Å². The van der Waals surface area contributed by atoms with Crippen LogP contribution in [0.1, 0.15) is 24.2 Å². The number of hydrogen-bond donors (Lipinski definition) is 2. The monoisotopic (exact) mass is 559 g/mol. The molecule has 4 heterocycles. The van der Waals surface area contributed by atoms with Gasteiger partial charge in [0.2, 0.25) is 5.95 Å². The van der Waals surface area contributed by atoms with Gasteiger partial charge in [0.05, 0.1) is 29.1 Å². The highest BCUT2D eigenvalue weighted by Gasteiger charge is 2.26. The molecule has 2 aliphatic rings. The second kappa shape index (κ2) is 12.5. The maximum absolute atomic E-state index is 11.8. The number of nitrogens with one attached hydrogen (secondary N) is 2. The topological polar surface area (TPSA) is 113 Å². The first-order valence-electron chi connectivity index (χ1n) is 13.2. The van der Waals surface area contributed by atoms with Crippen molar-refractivity contribution >= 4 is 40.6 Å². The van der Waals surface area contributed by atoms with Crippen LogP contribution in [0.2, 0.25) is 0 Å². The number of benzene rings is 1. The lowest BCUT2D eigenvalue weighted by Crippen LogP contribution is -2.38. The van der Waals surface area contributed by atoms with Gasteiger partial charge in [-0.15, -0.1) is 0 Å². The van der Waals surface area contributed by atoms with Crippen molar-refractivity contribution in [2.45, 2.75) is 19.4 Å². The summed E-state index contributed by atoms with van der Waals surface area (Å²) in [7, 11) is 5.74. The predicted octanol–water partition coefficient (Wildman–Crippen LogP) is 3.94. The Morgan fingerprint density at radius 2 is 1.98 bits per heavy atom. The first-order chi connectivity index (χ1) is 19.4. The normalized spacial score (nSPS) is 16.9. The Bertz CT molecular complexity index is 1420. The van der Waals surface area contributed by atoms with E-state index in [1.165, 1.54) is 0 Å². The molecular weight excluding hydrogens is 526 g/mol. The first kappa shape index (κ1) is 27.6. The van der Waals surface area contributed by atoms with Crippen LogP contribution < -0.4 is 25.2 Å².